The molecule has 1 saturated heterocycles. The average Bonchev–Trinajstić information content (AvgIpc) is 3.63. The number of fused-ring (bicyclic) bond motifs is 6. The predicted octanol–water partition coefficient (Wildman–Crippen LogP) is 4.04. The molecule has 8 heteroatoms. The highest BCUT2D eigenvalue weighted by Crippen LogP contribution is 2.52. The van der Waals surface area contributed by atoms with E-state index < -0.39 is 0 Å². The molecule has 7 nitrogen and oxygen atoms in total. The van der Waals surface area contributed by atoms with Gasteiger partial charge in [0.2, 0.25) is 17.7 Å². The van der Waals surface area contributed by atoms with E-state index in [1.807, 2.05) is 55.5 Å². The van der Waals surface area contributed by atoms with Crippen molar-refractivity contribution in [1.82, 2.24) is 9.88 Å². The molecule has 178 valence electrons. The van der Waals surface area contributed by atoms with E-state index >= 15 is 0 Å². The number of carbonyl (C=O) groups is 3. The number of likely N-dealkylation sites (tertiary alicyclic amines) is 1. The Kier molecular flexibility index (Phi) is 5.40. The van der Waals surface area contributed by atoms with Crippen molar-refractivity contribution in [3.05, 3.63) is 66.2 Å². The molecular formula is C27H25N3O4S. The molecule has 6 rings (SSSR count). The first-order valence-corrected chi connectivity index (χ1v) is 12.8. The largest absolute Gasteiger partial charge is 0.494 e. The van der Waals surface area contributed by atoms with Crippen molar-refractivity contribution in [3.63, 3.8) is 0 Å². The van der Waals surface area contributed by atoms with E-state index in [1.54, 1.807) is 4.90 Å². The number of imide groups is 1. The van der Waals surface area contributed by atoms with Crippen LogP contribution in [0.1, 0.15) is 18.9 Å². The van der Waals surface area contributed by atoms with Crippen LogP contribution in [-0.2, 0) is 20.9 Å². The van der Waals surface area contributed by atoms with Gasteiger partial charge in [-0.3, -0.25) is 24.2 Å². The second-order valence-electron chi connectivity index (χ2n) is 9.29. The van der Waals surface area contributed by atoms with Crippen LogP contribution in [0, 0.1) is 23.7 Å². The first-order chi connectivity index (χ1) is 17.0. The summed E-state index contributed by atoms with van der Waals surface area (Å²) in [4.78, 5) is 47.4. The van der Waals surface area contributed by atoms with Crippen LogP contribution in [0.2, 0.25) is 0 Å². The number of nitrogens with zero attached hydrogens (tertiary/aromatic N) is 3. The molecule has 2 heterocycles. The standard InChI is InChI=1S/C27H25N3O4S/c1-2-34-19-10-11-20-21(13-19)35-27(28-20)29(14-16-6-4-3-5-7-16)22(31)15-30-25(32)23-17-8-9-18(12-17)24(23)26(30)33/h3-11,13,17-18,23-24H,2,12,14-15H2,1H3. The first-order valence-electron chi connectivity index (χ1n) is 11.9. The zero-order chi connectivity index (χ0) is 24.1. The summed E-state index contributed by atoms with van der Waals surface area (Å²) in [6.45, 7) is 2.52. The SMILES string of the molecule is CCOc1ccc2nc(N(Cc3ccccc3)C(=O)CN3C(=O)C4C5C=CC(C5)C4C3=O)sc2c1. The molecular weight excluding hydrogens is 462 g/mol. The van der Waals surface area contributed by atoms with Gasteiger partial charge in [0, 0.05) is 0 Å². The number of anilines is 1. The Morgan fingerprint density at radius 3 is 2.49 bits per heavy atom. The molecule has 3 amide bonds. The number of allylic oxidation sites excluding steroid dienone is 2. The van der Waals surface area contributed by atoms with Crippen molar-refractivity contribution in [1.29, 1.82) is 0 Å². The number of hydrogen-bond donors (Lipinski definition) is 0. The summed E-state index contributed by atoms with van der Waals surface area (Å²) < 4.78 is 6.51. The summed E-state index contributed by atoms with van der Waals surface area (Å²) in [5.41, 5.74) is 1.71. The number of thiazole rings is 1. The molecule has 35 heavy (non-hydrogen) atoms. The molecule has 2 aromatic carbocycles. The Hall–Kier alpha value is -3.52. The van der Waals surface area contributed by atoms with Crippen LogP contribution in [0.3, 0.4) is 0 Å². The number of ether oxygens (including phenoxy) is 1. The molecule has 4 unspecified atom stereocenters. The van der Waals surface area contributed by atoms with Crippen LogP contribution < -0.4 is 9.64 Å². The molecule has 2 fully saturated rings. The molecule has 0 N–H and O–H groups in total. The number of aromatic nitrogens is 1. The fourth-order valence-electron chi connectivity index (χ4n) is 5.63. The van der Waals surface area contributed by atoms with Crippen LogP contribution >= 0.6 is 11.3 Å². The van der Waals surface area contributed by atoms with Crippen molar-refractivity contribution >= 4 is 44.4 Å². The van der Waals surface area contributed by atoms with Crippen molar-refractivity contribution < 1.29 is 19.1 Å². The molecule has 3 aromatic rings. The fraction of sp³-hybridized carbons (Fsp3) is 0.333. The number of rotatable bonds is 7. The van der Waals surface area contributed by atoms with Crippen molar-refractivity contribution in [3.8, 4) is 5.75 Å². The fourth-order valence-corrected chi connectivity index (χ4v) is 6.64. The molecule has 2 aliphatic carbocycles. The Morgan fingerprint density at radius 2 is 1.80 bits per heavy atom. The molecule has 2 bridgehead atoms. The molecule has 1 aliphatic heterocycles. The minimum Gasteiger partial charge on any atom is -0.494 e. The monoisotopic (exact) mass is 487 g/mol. The summed E-state index contributed by atoms with van der Waals surface area (Å²) in [5.74, 6) is -0.388. The van der Waals surface area contributed by atoms with Gasteiger partial charge in [0.05, 0.1) is 35.2 Å². The Labute approximate surface area is 207 Å². The summed E-state index contributed by atoms with van der Waals surface area (Å²) in [7, 11) is 0. The minimum absolute atomic E-state index is 0.116. The lowest BCUT2D eigenvalue weighted by atomic mass is 9.85. The summed E-state index contributed by atoms with van der Waals surface area (Å²) in [6, 6.07) is 15.3. The molecule has 1 aromatic heterocycles. The van der Waals surface area contributed by atoms with Crippen LogP contribution in [0.15, 0.2) is 60.7 Å². The van der Waals surface area contributed by atoms with E-state index in [1.165, 1.54) is 16.2 Å². The predicted molar refractivity (Wildman–Crippen MR) is 133 cm³/mol. The zero-order valence-electron chi connectivity index (χ0n) is 19.3. The second kappa shape index (κ2) is 8.61. The Morgan fingerprint density at radius 1 is 1.09 bits per heavy atom. The third kappa shape index (κ3) is 3.72. The van der Waals surface area contributed by atoms with Crippen molar-refractivity contribution in [2.75, 3.05) is 18.1 Å². The van der Waals surface area contributed by atoms with Gasteiger partial charge >= 0.3 is 0 Å². The normalized spacial score (nSPS) is 24.4. The van der Waals surface area contributed by atoms with E-state index in [9.17, 15) is 14.4 Å². The van der Waals surface area contributed by atoms with Gasteiger partial charge in [-0.2, -0.15) is 0 Å². The molecule has 1 saturated carbocycles. The molecule has 3 aliphatic rings. The van der Waals surface area contributed by atoms with Crippen molar-refractivity contribution in [2.24, 2.45) is 23.7 Å². The number of amides is 3. The highest BCUT2D eigenvalue weighted by molar-refractivity contribution is 7.22. The lowest BCUT2D eigenvalue weighted by Gasteiger charge is -2.23. The second-order valence-corrected chi connectivity index (χ2v) is 10.3. The van der Waals surface area contributed by atoms with Gasteiger partial charge in [0.15, 0.2) is 5.13 Å². The van der Waals surface area contributed by atoms with E-state index in [0.717, 1.165) is 28.0 Å². The van der Waals surface area contributed by atoms with Crippen LogP contribution in [0.25, 0.3) is 10.2 Å². The highest BCUT2D eigenvalue weighted by Gasteiger charge is 2.59. The Bertz CT molecular complexity index is 1320. The first kappa shape index (κ1) is 22.0. The van der Waals surface area contributed by atoms with Gasteiger partial charge in [-0.05, 0) is 48.9 Å². The van der Waals surface area contributed by atoms with Gasteiger partial charge in [0.25, 0.3) is 0 Å². The smallest absolute Gasteiger partial charge is 0.249 e. The summed E-state index contributed by atoms with van der Waals surface area (Å²) >= 11 is 1.40. The zero-order valence-corrected chi connectivity index (χ0v) is 20.1. The van der Waals surface area contributed by atoms with Gasteiger partial charge in [-0.1, -0.05) is 53.8 Å². The summed E-state index contributed by atoms with van der Waals surface area (Å²) in [5, 5.41) is 0.531. The topological polar surface area (TPSA) is 79.8 Å². The van der Waals surface area contributed by atoms with E-state index in [0.29, 0.717) is 18.3 Å². The minimum atomic E-state index is -0.320. The third-order valence-electron chi connectivity index (χ3n) is 7.23. The van der Waals surface area contributed by atoms with E-state index in [4.69, 9.17) is 9.72 Å². The van der Waals surface area contributed by atoms with Crippen molar-refractivity contribution in [2.45, 2.75) is 19.9 Å². The molecule has 0 spiro atoms. The highest BCUT2D eigenvalue weighted by atomic mass is 32.1. The average molecular weight is 488 g/mol. The maximum Gasteiger partial charge on any atom is 0.249 e. The number of hydrogen-bond acceptors (Lipinski definition) is 6. The maximum atomic E-state index is 13.6. The van der Waals surface area contributed by atoms with Crippen LogP contribution in [-0.4, -0.2) is 40.8 Å². The van der Waals surface area contributed by atoms with E-state index in [2.05, 4.69) is 12.2 Å². The van der Waals surface area contributed by atoms with Crippen LogP contribution in [0.4, 0.5) is 5.13 Å². The van der Waals surface area contributed by atoms with Gasteiger partial charge in [0.1, 0.15) is 12.3 Å². The van der Waals surface area contributed by atoms with E-state index in [-0.39, 0.29) is 47.9 Å². The third-order valence-corrected chi connectivity index (χ3v) is 8.27. The summed E-state index contributed by atoms with van der Waals surface area (Å²) in [6.07, 6.45) is 4.98. The molecule has 0 radical (unpaired) electrons. The number of benzene rings is 2. The Balaban J connectivity index is 1.30. The lowest BCUT2D eigenvalue weighted by Crippen LogP contribution is -2.43. The van der Waals surface area contributed by atoms with Gasteiger partial charge in [-0.25, -0.2) is 4.98 Å². The number of carbonyl (C=O) groups excluding carboxylic acids is 3. The van der Waals surface area contributed by atoms with Gasteiger partial charge < -0.3 is 4.74 Å². The van der Waals surface area contributed by atoms with Crippen LogP contribution in [0.5, 0.6) is 5.75 Å². The lowest BCUT2D eigenvalue weighted by molar-refractivity contribution is -0.143. The van der Waals surface area contributed by atoms with Gasteiger partial charge in [-0.15, -0.1) is 0 Å². The quantitative estimate of drug-likeness (QED) is 0.371. The molecule has 4 atom stereocenters. The maximum absolute atomic E-state index is 13.6.